The van der Waals surface area contributed by atoms with Crippen molar-refractivity contribution in [3.63, 3.8) is 0 Å². The number of carbonyl (C=O) groups is 1. The lowest BCUT2D eigenvalue weighted by Gasteiger charge is -2.11. The van der Waals surface area contributed by atoms with Crippen LogP contribution in [0.4, 0.5) is 4.39 Å². The third-order valence-electron chi connectivity index (χ3n) is 4.65. The zero-order valence-corrected chi connectivity index (χ0v) is 15.8. The van der Waals surface area contributed by atoms with Crippen LogP contribution in [0.2, 0.25) is 0 Å². The Morgan fingerprint density at radius 2 is 1.96 bits per heavy atom. The summed E-state index contributed by atoms with van der Waals surface area (Å²) in [6.07, 6.45) is 1.59. The summed E-state index contributed by atoms with van der Waals surface area (Å²) in [4.78, 5) is 15.6. The second kappa shape index (κ2) is 8.86. The van der Waals surface area contributed by atoms with E-state index in [1.165, 1.54) is 12.1 Å². The molecule has 3 rings (SSSR count). The number of hydrogen-bond acceptors (Lipinski definition) is 4. The molecule has 0 bridgehead atoms. The maximum absolute atomic E-state index is 13.2. The Hall–Kier alpha value is -2.90. The maximum atomic E-state index is 13.2. The summed E-state index contributed by atoms with van der Waals surface area (Å²) in [6.45, 7) is 0.964. The molecule has 0 aliphatic rings. The standard InChI is InChI=1S/C21H25FN4O2/c1-28-20-10-14(13-4-6-15(22)7-5-13)9-18-17(20)11-19(26-18)21(27)25-12-16(24)3-2-8-23/h4-7,9-11,16,26H,2-3,8,12,23-24H2,1H3,(H,25,27)/t16-/m1/s1. The third kappa shape index (κ3) is 4.49. The Morgan fingerprint density at radius 3 is 2.64 bits per heavy atom. The Labute approximate surface area is 163 Å². The highest BCUT2D eigenvalue weighted by Gasteiger charge is 2.15. The second-order valence-corrected chi connectivity index (χ2v) is 6.73. The van der Waals surface area contributed by atoms with Crippen LogP contribution in [0.5, 0.6) is 5.75 Å². The molecule has 1 amide bonds. The van der Waals surface area contributed by atoms with Crippen LogP contribution >= 0.6 is 0 Å². The van der Waals surface area contributed by atoms with Gasteiger partial charge in [-0.1, -0.05) is 12.1 Å². The molecule has 6 N–H and O–H groups in total. The summed E-state index contributed by atoms with van der Waals surface area (Å²) in [6, 6.07) is 11.6. The Balaban J connectivity index is 1.84. The van der Waals surface area contributed by atoms with Crippen LogP contribution < -0.4 is 21.5 Å². The van der Waals surface area contributed by atoms with E-state index in [2.05, 4.69) is 10.3 Å². The number of hydrogen-bond donors (Lipinski definition) is 4. The lowest BCUT2D eigenvalue weighted by molar-refractivity contribution is 0.0946. The first-order valence-corrected chi connectivity index (χ1v) is 9.22. The first kappa shape index (κ1) is 19.9. The van der Waals surface area contributed by atoms with E-state index >= 15 is 0 Å². The maximum Gasteiger partial charge on any atom is 0.267 e. The molecule has 0 spiro atoms. The minimum absolute atomic E-state index is 0.128. The number of fused-ring (bicyclic) bond motifs is 1. The van der Waals surface area contributed by atoms with Gasteiger partial charge >= 0.3 is 0 Å². The molecule has 0 fully saturated rings. The van der Waals surface area contributed by atoms with Gasteiger partial charge in [0.25, 0.3) is 5.91 Å². The highest BCUT2D eigenvalue weighted by atomic mass is 19.1. The predicted molar refractivity (Wildman–Crippen MR) is 109 cm³/mol. The molecule has 6 nitrogen and oxygen atoms in total. The Bertz CT molecular complexity index is 953. The van der Waals surface area contributed by atoms with Crippen LogP contribution in [0, 0.1) is 5.82 Å². The van der Waals surface area contributed by atoms with Gasteiger partial charge in [-0.05, 0) is 60.8 Å². The number of aromatic nitrogens is 1. The number of nitrogens with one attached hydrogen (secondary N) is 2. The average molecular weight is 384 g/mol. The summed E-state index contributed by atoms with van der Waals surface area (Å²) < 4.78 is 18.7. The molecule has 0 unspecified atom stereocenters. The van der Waals surface area contributed by atoms with Gasteiger partial charge in [-0.3, -0.25) is 4.79 Å². The average Bonchev–Trinajstić information content (AvgIpc) is 3.14. The van der Waals surface area contributed by atoms with E-state index in [9.17, 15) is 9.18 Å². The van der Waals surface area contributed by atoms with Gasteiger partial charge in [-0.15, -0.1) is 0 Å². The minimum Gasteiger partial charge on any atom is -0.496 e. The Kier molecular flexibility index (Phi) is 6.28. The molecular formula is C21H25FN4O2. The van der Waals surface area contributed by atoms with Gasteiger partial charge in [-0.2, -0.15) is 0 Å². The Morgan fingerprint density at radius 1 is 1.21 bits per heavy atom. The SMILES string of the molecule is COc1cc(-c2ccc(F)cc2)cc2[nH]c(C(=O)NC[C@H](N)CCCN)cc12. The number of aromatic amines is 1. The molecule has 0 aliphatic carbocycles. The van der Waals surface area contributed by atoms with Crippen LogP contribution in [-0.2, 0) is 0 Å². The lowest BCUT2D eigenvalue weighted by Crippen LogP contribution is -2.37. The summed E-state index contributed by atoms with van der Waals surface area (Å²) in [5.74, 6) is 0.108. The van der Waals surface area contributed by atoms with Crippen molar-refractivity contribution in [2.24, 2.45) is 11.5 Å². The number of amides is 1. The van der Waals surface area contributed by atoms with Crippen molar-refractivity contribution < 1.29 is 13.9 Å². The van der Waals surface area contributed by atoms with Gasteiger partial charge in [0.05, 0.1) is 12.6 Å². The number of benzene rings is 2. The fourth-order valence-electron chi connectivity index (χ4n) is 3.11. The van der Waals surface area contributed by atoms with Crippen molar-refractivity contribution in [1.82, 2.24) is 10.3 Å². The van der Waals surface area contributed by atoms with E-state index in [4.69, 9.17) is 16.2 Å². The van der Waals surface area contributed by atoms with E-state index in [1.807, 2.05) is 12.1 Å². The van der Waals surface area contributed by atoms with Crippen molar-refractivity contribution in [3.05, 3.63) is 54.0 Å². The highest BCUT2D eigenvalue weighted by molar-refractivity contribution is 6.01. The molecule has 1 aromatic heterocycles. The molecule has 0 aliphatic heterocycles. The first-order chi connectivity index (χ1) is 13.5. The topological polar surface area (TPSA) is 106 Å². The van der Waals surface area contributed by atoms with E-state index in [0.29, 0.717) is 24.5 Å². The van der Waals surface area contributed by atoms with E-state index in [1.54, 1.807) is 25.3 Å². The predicted octanol–water partition coefficient (Wildman–Crippen LogP) is 2.78. The minimum atomic E-state index is -0.291. The van der Waals surface area contributed by atoms with Crippen molar-refractivity contribution in [1.29, 1.82) is 0 Å². The van der Waals surface area contributed by atoms with Crippen LogP contribution in [0.3, 0.4) is 0 Å². The third-order valence-corrected chi connectivity index (χ3v) is 4.65. The zero-order valence-electron chi connectivity index (χ0n) is 15.8. The monoisotopic (exact) mass is 384 g/mol. The highest BCUT2D eigenvalue weighted by Crippen LogP contribution is 2.33. The molecule has 3 aromatic rings. The van der Waals surface area contributed by atoms with Crippen LogP contribution in [0.25, 0.3) is 22.0 Å². The molecule has 2 aromatic carbocycles. The number of H-pyrrole nitrogens is 1. The zero-order chi connectivity index (χ0) is 20.1. The van der Waals surface area contributed by atoms with E-state index in [-0.39, 0.29) is 17.8 Å². The van der Waals surface area contributed by atoms with Crippen LogP contribution in [0.1, 0.15) is 23.3 Å². The second-order valence-electron chi connectivity index (χ2n) is 6.73. The largest absolute Gasteiger partial charge is 0.496 e. The van der Waals surface area contributed by atoms with Gasteiger partial charge in [0.2, 0.25) is 0 Å². The normalized spacial score (nSPS) is 12.1. The fourth-order valence-corrected chi connectivity index (χ4v) is 3.11. The quantitative estimate of drug-likeness (QED) is 0.479. The molecule has 0 radical (unpaired) electrons. The van der Waals surface area contributed by atoms with Gasteiger partial charge in [0.15, 0.2) is 0 Å². The summed E-state index contributed by atoms with van der Waals surface area (Å²) in [5, 5.41) is 3.64. The van der Waals surface area contributed by atoms with Gasteiger partial charge in [0, 0.05) is 18.0 Å². The molecule has 148 valence electrons. The number of nitrogens with two attached hydrogens (primary N) is 2. The molecular weight excluding hydrogens is 359 g/mol. The van der Waals surface area contributed by atoms with Crippen molar-refractivity contribution in [2.45, 2.75) is 18.9 Å². The van der Waals surface area contributed by atoms with E-state index in [0.717, 1.165) is 34.9 Å². The molecule has 28 heavy (non-hydrogen) atoms. The number of rotatable bonds is 8. The number of halogens is 1. The number of methoxy groups -OCH3 is 1. The molecule has 7 heteroatoms. The fraction of sp³-hybridized carbons (Fsp3) is 0.286. The smallest absolute Gasteiger partial charge is 0.267 e. The van der Waals surface area contributed by atoms with Crippen LogP contribution in [0.15, 0.2) is 42.5 Å². The summed E-state index contributed by atoms with van der Waals surface area (Å²) in [5.41, 5.74) is 14.4. The van der Waals surface area contributed by atoms with Gasteiger partial charge < -0.3 is 26.5 Å². The lowest BCUT2D eigenvalue weighted by atomic mass is 10.0. The molecule has 1 heterocycles. The summed E-state index contributed by atoms with van der Waals surface area (Å²) in [7, 11) is 1.58. The van der Waals surface area contributed by atoms with Crippen molar-refractivity contribution in [3.8, 4) is 16.9 Å². The molecule has 1 atom stereocenters. The molecule has 0 saturated heterocycles. The van der Waals surface area contributed by atoms with Crippen molar-refractivity contribution in [2.75, 3.05) is 20.2 Å². The summed E-state index contributed by atoms with van der Waals surface area (Å²) >= 11 is 0. The van der Waals surface area contributed by atoms with Gasteiger partial charge in [0.1, 0.15) is 17.3 Å². The van der Waals surface area contributed by atoms with Crippen LogP contribution in [-0.4, -0.2) is 37.1 Å². The number of carbonyl (C=O) groups excluding carboxylic acids is 1. The number of ether oxygens (including phenoxy) is 1. The molecule has 0 saturated carbocycles. The van der Waals surface area contributed by atoms with E-state index < -0.39 is 0 Å². The van der Waals surface area contributed by atoms with Crippen molar-refractivity contribution >= 4 is 16.8 Å². The van der Waals surface area contributed by atoms with Gasteiger partial charge in [-0.25, -0.2) is 4.39 Å². The first-order valence-electron chi connectivity index (χ1n) is 9.22.